The first-order valence-corrected chi connectivity index (χ1v) is 7.93. The standard InChI is InChI=1S/C14H12Cl2N4OS/c1-7-12(16)13(21-2)19-14(18-7)20-22-11-6-17-10-5-8(15)3-4-9(10)11/h3-6,17H,1-2H3,(H,18,19,20). The number of H-pyrrole nitrogens is 1. The molecule has 0 saturated heterocycles. The maximum atomic E-state index is 6.06. The molecule has 0 radical (unpaired) electrons. The number of aryl methyl sites for hydroxylation is 1. The summed E-state index contributed by atoms with van der Waals surface area (Å²) in [6.07, 6.45) is 1.90. The Morgan fingerprint density at radius 2 is 2.09 bits per heavy atom. The summed E-state index contributed by atoms with van der Waals surface area (Å²) in [5.41, 5.74) is 1.63. The molecule has 3 aromatic rings. The highest BCUT2D eigenvalue weighted by Crippen LogP contribution is 2.31. The molecule has 0 amide bonds. The molecule has 2 heterocycles. The lowest BCUT2D eigenvalue weighted by Crippen LogP contribution is -2.00. The lowest BCUT2D eigenvalue weighted by atomic mass is 10.2. The molecule has 0 aliphatic carbocycles. The fourth-order valence-electron chi connectivity index (χ4n) is 1.97. The number of hydrogen-bond acceptors (Lipinski definition) is 5. The van der Waals surface area contributed by atoms with Crippen molar-refractivity contribution in [2.24, 2.45) is 0 Å². The van der Waals surface area contributed by atoms with Gasteiger partial charge in [-0.15, -0.1) is 0 Å². The minimum atomic E-state index is 0.350. The van der Waals surface area contributed by atoms with E-state index < -0.39 is 0 Å². The molecule has 0 bridgehead atoms. The molecule has 2 N–H and O–H groups in total. The number of halogens is 2. The Bertz CT molecular complexity index is 837. The molecule has 0 saturated carbocycles. The highest BCUT2D eigenvalue weighted by Gasteiger charge is 2.11. The van der Waals surface area contributed by atoms with Gasteiger partial charge in [0.15, 0.2) is 0 Å². The highest BCUT2D eigenvalue weighted by atomic mass is 35.5. The van der Waals surface area contributed by atoms with E-state index >= 15 is 0 Å². The average Bonchev–Trinajstić information content (AvgIpc) is 2.90. The van der Waals surface area contributed by atoms with E-state index in [9.17, 15) is 0 Å². The third-order valence-corrected chi connectivity index (χ3v) is 4.55. The van der Waals surface area contributed by atoms with Crippen LogP contribution in [-0.2, 0) is 0 Å². The van der Waals surface area contributed by atoms with Gasteiger partial charge in [0.05, 0.1) is 17.7 Å². The van der Waals surface area contributed by atoms with Crippen LogP contribution in [0.1, 0.15) is 5.69 Å². The summed E-state index contributed by atoms with van der Waals surface area (Å²) in [7, 11) is 1.52. The molecule has 0 fully saturated rings. The van der Waals surface area contributed by atoms with Crippen molar-refractivity contribution in [3.8, 4) is 5.88 Å². The van der Waals surface area contributed by atoms with Crippen LogP contribution in [0.3, 0.4) is 0 Å². The number of fused-ring (bicyclic) bond motifs is 1. The summed E-state index contributed by atoms with van der Waals surface area (Å²) in [6, 6.07) is 5.70. The van der Waals surface area contributed by atoms with Gasteiger partial charge >= 0.3 is 0 Å². The fourth-order valence-corrected chi connectivity index (χ4v) is 3.00. The van der Waals surface area contributed by atoms with Gasteiger partial charge in [-0.25, -0.2) is 4.98 Å². The first-order valence-electron chi connectivity index (χ1n) is 6.36. The van der Waals surface area contributed by atoms with Crippen LogP contribution in [0.25, 0.3) is 10.9 Å². The van der Waals surface area contributed by atoms with Crippen molar-refractivity contribution < 1.29 is 4.74 Å². The van der Waals surface area contributed by atoms with Crippen molar-refractivity contribution in [1.29, 1.82) is 0 Å². The van der Waals surface area contributed by atoms with E-state index in [0.29, 0.717) is 27.6 Å². The second-order valence-electron chi connectivity index (χ2n) is 4.50. The Kier molecular flexibility index (Phi) is 4.33. The Hall–Kier alpha value is -1.63. The summed E-state index contributed by atoms with van der Waals surface area (Å²) in [4.78, 5) is 12.7. The number of nitrogens with one attached hydrogen (secondary N) is 2. The van der Waals surface area contributed by atoms with Gasteiger partial charge in [0.1, 0.15) is 5.02 Å². The molecule has 0 spiro atoms. The topological polar surface area (TPSA) is 62.8 Å². The molecule has 5 nitrogen and oxygen atoms in total. The lowest BCUT2D eigenvalue weighted by molar-refractivity contribution is 0.397. The molecule has 3 rings (SSSR count). The first-order chi connectivity index (χ1) is 10.6. The molecule has 1 aromatic carbocycles. The number of aromatic nitrogens is 3. The van der Waals surface area contributed by atoms with Crippen LogP contribution in [-0.4, -0.2) is 22.1 Å². The third-order valence-electron chi connectivity index (χ3n) is 3.04. The second-order valence-corrected chi connectivity index (χ2v) is 6.17. The van der Waals surface area contributed by atoms with Crippen LogP contribution >= 0.6 is 35.1 Å². The van der Waals surface area contributed by atoms with Gasteiger partial charge < -0.3 is 9.72 Å². The van der Waals surface area contributed by atoms with Gasteiger partial charge in [-0.2, -0.15) is 4.98 Å². The Balaban J connectivity index is 1.83. The minimum Gasteiger partial charge on any atom is -0.480 e. The summed E-state index contributed by atoms with van der Waals surface area (Å²) >= 11 is 13.4. The summed E-state index contributed by atoms with van der Waals surface area (Å²) < 4.78 is 8.23. The molecule has 0 unspecified atom stereocenters. The lowest BCUT2D eigenvalue weighted by Gasteiger charge is -2.08. The smallest absolute Gasteiger partial charge is 0.237 e. The van der Waals surface area contributed by atoms with Gasteiger partial charge in [0.2, 0.25) is 11.8 Å². The average molecular weight is 355 g/mol. The zero-order valence-corrected chi connectivity index (χ0v) is 14.1. The zero-order chi connectivity index (χ0) is 15.7. The van der Waals surface area contributed by atoms with Crippen molar-refractivity contribution >= 4 is 52.0 Å². The largest absolute Gasteiger partial charge is 0.480 e. The second kappa shape index (κ2) is 6.24. The van der Waals surface area contributed by atoms with E-state index in [0.717, 1.165) is 15.8 Å². The van der Waals surface area contributed by atoms with Gasteiger partial charge in [-0.05, 0) is 31.0 Å². The molecule has 0 atom stereocenters. The molecular formula is C14H12Cl2N4OS. The molecule has 2 aromatic heterocycles. The Labute approximate surface area is 141 Å². The number of ether oxygens (including phenoxy) is 1. The van der Waals surface area contributed by atoms with Crippen molar-refractivity contribution in [1.82, 2.24) is 15.0 Å². The molecule has 22 heavy (non-hydrogen) atoms. The molecule has 8 heteroatoms. The highest BCUT2D eigenvalue weighted by molar-refractivity contribution is 8.00. The van der Waals surface area contributed by atoms with Crippen LogP contribution in [0, 0.1) is 6.92 Å². The van der Waals surface area contributed by atoms with E-state index in [1.165, 1.54) is 19.1 Å². The summed E-state index contributed by atoms with van der Waals surface area (Å²) in [5.74, 6) is 0.787. The molecule has 114 valence electrons. The van der Waals surface area contributed by atoms with Gasteiger partial charge in [-0.3, -0.25) is 4.72 Å². The van der Waals surface area contributed by atoms with Crippen LogP contribution in [0.2, 0.25) is 10.0 Å². The predicted molar refractivity (Wildman–Crippen MR) is 91.1 cm³/mol. The normalized spacial score (nSPS) is 10.9. The molecule has 0 aliphatic heterocycles. The monoisotopic (exact) mass is 354 g/mol. The quantitative estimate of drug-likeness (QED) is 0.664. The molecular weight excluding hydrogens is 343 g/mol. The minimum absolute atomic E-state index is 0.350. The third kappa shape index (κ3) is 2.95. The van der Waals surface area contributed by atoms with E-state index in [2.05, 4.69) is 19.7 Å². The van der Waals surface area contributed by atoms with Gasteiger partial charge in [0, 0.05) is 22.1 Å². The number of methoxy groups -OCH3 is 1. The Morgan fingerprint density at radius 3 is 2.86 bits per heavy atom. The number of aromatic amines is 1. The maximum absolute atomic E-state index is 6.06. The number of anilines is 1. The SMILES string of the molecule is COc1nc(NSc2c[nH]c3cc(Cl)ccc23)nc(C)c1Cl. The number of nitrogens with zero attached hydrogens (tertiary/aromatic N) is 2. The van der Waals surface area contributed by atoms with Crippen LogP contribution in [0.5, 0.6) is 5.88 Å². The van der Waals surface area contributed by atoms with Gasteiger partial charge in [-0.1, -0.05) is 29.3 Å². The predicted octanol–water partition coefficient (Wildman–Crippen LogP) is 4.70. The Morgan fingerprint density at radius 1 is 1.27 bits per heavy atom. The van der Waals surface area contributed by atoms with Gasteiger partial charge in [0.25, 0.3) is 0 Å². The van der Waals surface area contributed by atoms with E-state index in [4.69, 9.17) is 27.9 Å². The van der Waals surface area contributed by atoms with Crippen molar-refractivity contribution in [3.05, 3.63) is 40.1 Å². The number of rotatable bonds is 4. The maximum Gasteiger partial charge on any atom is 0.237 e. The van der Waals surface area contributed by atoms with Crippen LogP contribution < -0.4 is 9.46 Å². The van der Waals surface area contributed by atoms with E-state index in [-0.39, 0.29) is 0 Å². The van der Waals surface area contributed by atoms with Crippen molar-refractivity contribution in [2.45, 2.75) is 11.8 Å². The van der Waals surface area contributed by atoms with Crippen molar-refractivity contribution in [2.75, 3.05) is 11.8 Å². The van der Waals surface area contributed by atoms with Crippen LogP contribution in [0.4, 0.5) is 5.95 Å². The molecule has 0 aliphatic rings. The van der Waals surface area contributed by atoms with E-state index in [1.807, 2.05) is 24.4 Å². The summed E-state index contributed by atoms with van der Waals surface area (Å²) in [6.45, 7) is 1.80. The fraction of sp³-hybridized carbons (Fsp3) is 0.143. The van der Waals surface area contributed by atoms with E-state index in [1.54, 1.807) is 6.92 Å². The van der Waals surface area contributed by atoms with Crippen LogP contribution in [0.15, 0.2) is 29.3 Å². The van der Waals surface area contributed by atoms with Crippen molar-refractivity contribution in [3.63, 3.8) is 0 Å². The zero-order valence-electron chi connectivity index (χ0n) is 11.8. The summed E-state index contributed by atoms with van der Waals surface area (Å²) in [5, 5.41) is 2.18. The number of benzene rings is 1. The first kappa shape index (κ1) is 15.3. The number of hydrogen-bond donors (Lipinski definition) is 2.